The summed E-state index contributed by atoms with van der Waals surface area (Å²) in [6.45, 7) is 10.7. The van der Waals surface area contributed by atoms with Crippen molar-refractivity contribution in [1.82, 2.24) is 19.4 Å². The molecule has 162 valence electrons. The molecular weight excluding hydrogens is 388 g/mol. The van der Waals surface area contributed by atoms with Crippen LogP contribution in [0.25, 0.3) is 0 Å². The number of hydrogen-bond acceptors (Lipinski definition) is 5. The molecule has 0 bridgehead atoms. The second kappa shape index (κ2) is 9.55. The smallest absolute Gasteiger partial charge is 0.243 e. The molecule has 2 heterocycles. The van der Waals surface area contributed by atoms with Gasteiger partial charge in [0.25, 0.3) is 0 Å². The molecule has 2 fully saturated rings. The summed E-state index contributed by atoms with van der Waals surface area (Å²) in [5.41, 5.74) is 1.04. The summed E-state index contributed by atoms with van der Waals surface area (Å²) in [6.07, 6.45) is 1.99. The highest BCUT2D eigenvalue weighted by atomic mass is 32.2. The maximum Gasteiger partial charge on any atom is 0.243 e. The molecule has 0 spiro atoms. The highest BCUT2D eigenvalue weighted by Crippen LogP contribution is 2.18. The van der Waals surface area contributed by atoms with Gasteiger partial charge in [0.2, 0.25) is 15.9 Å². The summed E-state index contributed by atoms with van der Waals surface area (Å²) in [5, 5.41) is 3.16. The molecule has 2 aliphatic heterocycles. The quantitative estimate of drug-likeness (QED) is 0.748. The predicted octanol–water partition coefficient (Wildman–Crippen LogP) is 1.29. The Balaban J connectivity index is 1.44. The third kappa shape index (κ3) is 5.78. The largest absolute Gasteiger partial charge is 0.352 e. The Labute approximate surface area is 175 Å². The van der Waals surface area contributed by atoms with Gasteiger partial charge in [-0.25, -0.2) is 8.42 Å². The molecule has 1 aromatic rings. The van der Waals surface area contributed by atoms with Crippen LogP contribution in [0.3, 0.4) is 0 Å². The minimum absolute atomic E-state index is 0.0443. The van der Waals surface area contributed by atoms with E-state index in [2.05, 4.69) is 24.1 Å². The van der Waals surface area contributed by atoms with Gasteiger partial charge in [-0.3, -0.25) is 9.69 Å². The van der Waals surface area contributed by atoms with E-state index in [0.29, 0.717) is 43.7 Å². The number of piperazine rings is 1. The van der Waals surface area contributed by atoms with E-state index in [1.807, 2.05) is 24.0 Å². The second-order valence-corrected chi connectivity index (χ2v) is 10.4. The van der Waals surface area contributed by atoms with Crippen LogP contribution in [0.4, 0.5) is 0 Å². The molecule has 8 heteroatoms. The van der Waals surface area contributed by atoms with E-state index in [1.165, 1.54) is 4.31 Å². The van der Waals surface area contributed by atoms with E-state index < -0.39 is 10.0 Å². The van der Waals surface area contributed by atoms with Crippen LogP contribution in [0.15, 0.2) is 29.2 Å². The van der Waals surface area contributed by atoms with Gasteiger partial charge in [0.1, 0.15) is 0 Å². The first-order chi connectivity index (χ1) is 13.8. The minimum atomic E-state index is -3.46. The highest BCUT2D eigenvalue weighted by Gasteiger charge is 2.29. The van der Waals surface area contributed by atoms with E-state index in [-0.39, 0.29) is 11.9 Å². The second-order valence-electron chi connectivity index (χ2n) is 8.46. The molecule has 2 saturated heterocycles. The number of rotatable bonds is 6. The number of carbonyl (C=O) groups excluding carboxylic acids is 1. The Bertz CT molecular complexity index is 779. The maximum atomic E-state index is 12.8. The number of nitrogens with zero attached hydrogens (tertiary/aromatic N) is 3. The molecule has 0 radical (unpaired) electrons. The molecular formula is C21H34N4O3S. The van der Waals surface area contributed by atoms with Crippen LogP contribution in [0.2, 0.25) is 0 Å². The average Bonchev–Trinajstić information content (AvgIpc) is 2.69. The highest BCUT2D eigenvalue weighted by molar-refractivity contribution is 7.89. The molecule has 1 N–H and O–H groups in total. The van der Waals surface area contributed by atoms with Crippen LogP contribution >= 0.6 is 0 Å². The number of nitrogens with one attached hydrogen (secondary N) is 1. The SMILES string of the molecule is Cc1ccc(S(=O)(=O)N2CCN(CC(=O)NC3CCN(C(C)C)CC3)CC2)cc1. The van der Waals surface area contributed by atoms with Crippen LogP contribution in [-0.4, -0.2) is 86.3 Å². The fourth-order valence-corrected chi connectivity index (χ4v) is 5.45. The summed E-state index contributed by atoms with van der Waals surface area (Å²) in [7, 11) is -3.46. The molecule has 0 aliphatic carbocycles. The first-order valence-electron chi connectivity index (χ1n) is 10.6. The van der Waals surface area contributed by atoms with Crippen molar-refractivity contribution in [2.45, 2.75) is 50.6 Å². The van der Waals surface area contributed by atoms with Crippen molar-refractivity contribution < 1.29 is 13.2 Å². The monoisotopic (exact) mass is 422 g/mol. The standard InChI is InChI=1S/C21H34N4O3S/c1-17(2)24-10-8-19(9-11-24)22-21(26)16-23-12-14-25(15-13-23)29(27,28)20-6-4-18(3)5-7-20/h4-7,17,19H,8-16H2,1-3H3,(H,22,26). The van der Waals surface area contributed by atoms with Crippen molar-refractivity contribution >= 4 is 15.9 Å². The molecule has 1 aromatic carbocycles. The third-order valence-corrected chi connectivity index (χ3v) is 7.90. The summed E-state index contributed by atoms with van der Waals surface area (Å²) in [5.74, 6) is 0.0443. The van der Waals surface area contributed by atoms with Crippen LogP contribution in [0.1, 0.15) is 32.3 Å². The topological polar surface area (TPSA) is 73.0 Å². The first kappa shape index (κ1) is 22.2. The van der Waals surface area contributed by atoms with Gasteiger partial charge >= 0.3 is 0 Å². The number of carbonyl (C=O) groups is 1. The fraction of sp³-hybridized carbons (Fsp3) is 0.667. The number of sulfonamides is 1. The van der Waals surface area contributed by atoms with Crippen LogP contribution in [0.5, 0.6) is 0 Å². The van der Waals surface area contributed by atoms with Crippen molar-refractivity contribution in [2.75, 3.05) is 45.8 Å². The van der Waals surface area contributed by atoms with Gasteiger partial charge in [0.05, 0.1) is 11.4 Å². The predicted molar refractivity (Wildman–Crippen MR) is 114 cm³/mol. The number of aryl methyl sites for hydroxylation is 1. The molecule has 29 heavy (non-hydrogen) atoms. The van der Waals surface area contributed by atoms with Crippen molar-refractivity contribution in [3.05, 3.63) is 29.8 Å². The lowest BCUT2D eigenvalue weighted by Gasteiger charge is -2.36. The minimum Gasteiger partial charge on any atom is -0.352 e. The Kier molecular flexibility index (Phi) is 7.32. The van der Waals surface area contributed by atoms with Crippen LogP contribution in [0, 0.1) is 6.92 Å². The fourth-order valence-electron chi connectivity index (χ4n) is 4.02. The van der Waals surface area contributed by atoms with Gasteiger partial charge in [-0.15, -0.1) is 0 Å². The zero-order valence-corrected chi connectivity index (χ0v) is 18.6. The molecule has 1 amide bonds. The van der Waals surface area contributed by atoms with Crippen molar-refractivity contribution in [3.8, 4) is 0 Å². The molecule has 7 nitrogen and oxygen atoms in total. The number of hydrogen-bond donors (Lipinski definition) is 1. The Hall–Kier alpha value is -1.48. The van der Waals surface area contributed by atoms with E-state index in [4.69, 9.17) is 0 Å². The normalized spacial score (nSPS) is 20.8. The lowest BCUT2D eigenvalue weighted by Crippen LogP contribution is -2.53. The molecule has 0 unspecified atom stereocenters. The first-order valence-corrected chi connectivity index (χ1v) is 12.0. The van der Waals surface area contributed by atoms with Crippen molar-refractivity contribution in [1.29, 1.82) is 0 Å². The van der Waals surface area contributed by atoms with Gasteiger partial charge in [0.15, 0.2) is 0 Å². The third-order valence-electron chi connectivity index (χ3n) is 5.98. The van der Waals surface area contributed by atoms with Gasteiger partial charge in [-0.2, -0.15) is 4.31 Å². The van der Waals surface area contributed by atoms with Crippen molar-refractivity contribution in [3.63, 3.8) is 0 Å². The van der Waals surface area contributed by atoms with E-state index >= 15 is 0 Å². The summed E-state index contributed by atoms with van der Waals surface area (Å²) >= 11 is 0. The van der Waals surface area contributed by atoms with E-state index in [9.17, 15) is 13.2 Å². The molecule has 3 rings (SSSR count). The van der Waals surface area contributed by atoms with Gasteiger partial charge < -0.3 is 10.2 Å². The number of amides is 1. The Morgan fingerprint density at radius 1 is 1.03 bits per heavy atom. The number of benzene rings is 1. The summed E-state index contributed by atoms with van der Waals surface area (Å²) in [4.78, 5) is 17.2. The van der Waals surface area contributed by atoms with Crippen LogP contribution in [-0.2, 0) is 14.8 Å². The molecule has 0 saturated carbocycles. The molecule has 2 aliphatic rings. The van der Waals surface area contributed by atoms with Crippen molar-refractivity contribution in [2.24, 2.45) is 0 Å². The Morgan fingerprint density at radius 3 is 2.17 bits per heavy atom. The molecule has 0 atom stereocenters. The maximum absolute atomic E-state index is 12.8. The lowest BCUT2D eigenvalue weighted by atomic mass is 10.0. The number of piperidine rings is 1. The van der Waals surface area contributed by atoms with E-state index in [1.54, 1.807) is 12.1 Å². The molecule has 0 aromatic heterocycles. The zero-order chi connectivity index (χ0) is 21.0. The summed E-state index contributed by atoms with van der Waals surface area (Å²) < 4.78 is 27.1. The summed E-state index contributed by atoms with van der Waals surface area (Å²) in [6, 6.07) is 7.77. The average molecular weight is 423 g/mol. The zero-order valence-electron chi connectivity index (χ0n) is 17.8. The van der Waals surface area contributed by atoms with Gasteiger partial charge in [-0.1, -0.05) is 17.7 Å². The lowest BCUT2D eigenvalue weighted by molar-refractivity contribution is -0.123. The van der Waals surface area contributed by atoms with Gasteiger partial charge in [-0.05, 0) is 45.7 Å². The van der Waals surface area contributed by atoms with E-state index in [0.717, 1.165) is 31.5 Å². The van der Waals surface area contributed by atoms with Gasteiger partial charge in [0, 0.05) is 51.4 Å². The number of likely N-dealkylation sites (tertiary alicyclic amines) is 1. The Morgan fingerprint density at radius 2 is 1.62 bits per heavy atom. The van der Waals surface area contributed by atoms with Crippen LogP contribution < -0.4 is 5.32 Å².